The summed E-state index contributed by atoms with van der Waals surface area (Å²) in [5.74, 6) is 10.3. The van der Waals surface area contributed by atoms with Gasteiger partial charge in [-0.1, -0.05) is 67.3 Å². The Balaban J connectivity index is 0.865. The summed E-state index contributed by atoms with van der Waals surface area (Å²) in [6, 6.07) is 20.4. The maximum Gasteiger partial charge on any atom is 0.160 e. The molecule has 10 N–H and O–H groups in total. The number of methoxy groups -OCH3 is 1. The highest BCUT2D eigenvalue weighted by molar-refractivity contribution is 5.89. The normalized spacial score (nSPS) is 35.3. The molecule has 17 unspecified atom stereocenters. The number of dihydropyridines is 1. The molecule has 4 aromatic rings. The summed E-state index contributed by atoms with van der Waals surface area (Å²) >= 11 is 0. The summed E-state index contributed by atoms with van der Waals surface area (Å²) in [7, 11) is 1.50. The number of aromatic hydroxyl groups is 1. The van der Waals surface area contributed by atoms with Gasteiger partial charge in [-0.2, -0.15) is 0 Å². The zero-order valence-corrected chi connectivity index (χ0v) is 42.2. The maximum absolute atomic E-state index is 15.1. The smallest absolute Gasteiger partial charge is 0.160 e. The molecule has 12 nitrogen and oxygen atoms in total. The van der Waals surface area contributed by atoms with Crippen LogP contribution in [0.5, 0.6) is 11.5 Å². The van der Waals surface area contributed by atoms with Crippen LogP contribution in [0.25, 0.3) is 10.8 Å². The largest absolute Gasteiger partial charge is 0.504 e. The highest BCUT2D eigenvalue weighted by Crippen LogP contribution is 2.68. The number of carbonyl (C=O) groups is 2. The van der Waals surface area contributed by atoms with Gasteiger partial charge in [0.05, 0.1) is 31.2 Å². The van der Waals surface area contributed by atoms with Gasteiger partial charge in [-0.05, 0) is 181 Å². The Morgan fingerprint density at radius 3 is 2.56 bits per heavy atom. The molecule has 4 saturated carbocycles. The number of phenolic OH excluding ortho intramolecular Hbond substituents is 1. The number of Topliss-reactive ketones (excluding diaryl/α,β-unsaturated/α-hetero) is 2. The zero-order valence-electron chi connectivity index (χ0n) is 42.2. The molecular weight excluding hydrogens is 915 g/mol. The number of aromatic nitrogens is 1. The summed E-state index contributed by atoms with van der Waals surface area (Å²) < 4.78 is 5.58. The number of fused-ring (bicyclic) bond motifs is 9. The number of benzene rings is 3. The van der Waals surface area contributed by atoms with Crippen LogP contribution in [-0.4, -0.2) is 94.6 Å². The van der Waals surface area contributed by atoms with Gasteiger partial charge < -0.3 is 51.8 Å². The molecule has 6 aliphatic carbocycles. The number of aliphatic hydroxyl groups is 3. The van der Waals surface area contributed by atoms with Crippen LogP contribution in [0.1, 0.15) is 116 Å². The zero-order chi connectivity index (χ0) is 50.3. The maximum atomic E-state index is 15.1. The Kier molecular flexibility index (Phi) is 12.9. The third-order valence-corrected chi connectivity index (χ3v) is 20.0. The molecule has 384 valence electrons. The number of aromatic amines is 1. The molecule has 12 rings (SSSR count). The first-order chi connectivity index (χ1) is 35.5. The van der Waals surface area contributed by atoms with Crippen LogP contribution in [0.2, 0.25) is 0 Å². The Labute approximate surface area is 429 Å². The lowest BCUT2D eigenvalue weighted by Crippen LogP contribution is -2.67. The quantitative estimate of drug-likeness (QED) is 0.0716. The Bertz CT molecular complexity index is 2920. The summed E-state index contributed by atoms with van der Waals surface area (Å²) in [5, 5.41) is 61.8. The molecule has 0 radical (unpaired) electrons. The summed E-state index contributed by atoms with van der Waals surface area (Å²) in [4.78, 5) is 32.1. The predicted octanol–water partition coefficient (Wildman–Crippen LogP) is 6.80. The number of carbonyl (C=O) groups excluding carboxylic acids is 2. The Hall–Kier alpha value is -5.42. The fourth-order valence-electron chi connectivity index (χ4n) is 16.9. The molecule has 1 spiro atoms. The highest BCUT2D eigenvalue weighted by Gasteiger charge is 2.65. The van der Waals surface area contributed by atoms with Gasteiger partial charge in [0, 0.05) is 61.5 Å². The number of aliphatic hydroxyl groups excluding tert-OH is 3. The second kappa shape index (κ2) is 19.4. The van der Waals surface area contributed by atoms with Crippen LogP contribution in [-0.2, 0) is 16.0 Å². The SMILES string of the molecule is CCNCC1C2c3[nH]ccc3C3CC(=O)CC4NCC(C5CCC6C(CCC7(C#CC(CC(O)C(O)CC(C8=CCNC(N)=C8)c8ccc9ccccc9c8)c8cc(O)c(OC)cc8CCC7=O)C6O)C51)C2C43. The minimum Gasteiger partial charge on any atom is -0.504 e. The van der Waals surface area contributed by atoms with Gasteiger partial charge in [-0.3, -0.25) is 9.59 Å². The number of ketones is 2. The topological polar surface area (TPSA) is 202 Å². The summed E-state index contributed by atoms with van der Waals surface area (Å²) in [5.41, 5.74) is 11.1. The molecular formula is C61H73N5O7. The minimum absolute atomic E-state index is 0.0355. The van der Waals surface area contributed by atoms with Gasteiger partial charge in [0.1, 0.15) is 11.2 Å². The third-order valence-electron chi connectivity index (χ3n) is 20.0. The average molecular weight is 988 g/mol. The van der Waals surface area contributed by atoms with Gasteiger partial charge in [-0.15, -0.1) is 0 Å². The standard InChI is InChI=1S/C61H73N5O7/c1-3-63-30-47-55-39(46-31-66-48-27-38(67)26-45-41-17-21-65-59(41)58(47)57(46)56(45)48)11-12-42-40(55)15-19-61(60(42)72)18-14-36(44-29-51(70)52(73-2)24-35(44)10-13-53(61)71)23-49(68)50(69)28-43(37-16-20-64-54(62)25-37)34-9-8-32-6-4-5-7-33(32)22-34/h4-9,16-17,21-22,24-25,29,36,39-40,42-43,45-50,55-58,60,63-66,68-70,72H,3,10-13,15,19-20,23,26-28,30-31,62H2,1-2H3. The number of piperidine rings is 1. The van der Waals surface area contributed by atoms with E-state index in [4.69, 9.17) is 10.5 Å². The molecule has 12 heteroatoms. The number of hydrogen-bond donors (Lipinski definition) is 9. The van der Waals surface area contributed by atoms with Gasteiger partial charge >= 0.3 is 0 Å². The number of rotatable bonds is 11. The Morgan fingerprint density at radius 2 is 1.74 bits per heavy atom. The molecule has 0 amide bonds. The number of hydrogen-bond acceptors (Lipinski definition) is 11. The van der Waals surface area contributed by atoms with E-state index in [1.165, 1.54) is 18.4 Å². The predicted molar refractivity (Wildman–Crippen MR) is 280 cm³/mol. The minimum atomic E-state index is -1.31. The summed E-state index contributed by atoms with van der Waals surface area (Å²) in [6.45, 7) is 5.39. The number of ether oxygens (including phenoxy) is 1. The number of nitrogens with one attached hydrogen (secondary N) is 4. The molecule has 2 aliphatic heterocycles. The first kappa shape index (κ1) is 48.5. The van der Waals surface area contributed by atoms with E-state index in [2.05, 4.69) is 88.4 Å². The molecule has 1 aromatic heterocycles. The van der Waals surface area contributed by atoms with Crippen molar-refractivity contribution in [1.82, 2.24) is 20.9 Å². The monoisotopic (exact) mass is 988 g/mol. The number of nitrogens with two attached hydrogens (primary N) is 1. The van der Waals surface area contributed by atoms with Crippen molar-refractivity contribution in [1.29, 1.82) is 0 Å². The number of H-pyrrole nitrogens is 1. The van der Waals surface area contributed by atoms with Crippen LogP contribution in [0.3, 0.4) is 0 Å². The van der Waals surface area contributed by atoms with Crippen molar-refractivity contribution in [3.05, 3.63) is 118 Å². The highest BCUT2D eigenvalue weighted by atomic mass is 16.5. The van der Waals surface area contributed by atoms with Gasteiger partial charge in [0.2, 0.25) is 0 Å². The van der Waals surface area contributed by atoms with E-state index in [9.17, 15) is 25.2 Å². The van der Waals surface area contributed by atoms with Crippen LogP contribution in [0.15, 0.2) is 90.4 Å². The molecule has 3 aromatic carbocycles. The van der Waals surface area contributed by atoms with Crippen molar-refractivity contribution >= 4 is 22.3 Å². The molecule has 0 bridgehead atoms. The lowest BCUT2D eigenvalue weighted by atomic mass is 9.40. The van der Waals surface area contributed by atoms with E-state index < -0.39 is 29.6 Å². The van der Waals surface area contributed by atoms with Crippen molar-refractivity contribution < 1.29 is 34.8 Å². The second-order valence-corrected chi connectivity index (χ2v) is 23.2. The molecule has 5 fully saturated rings. The Morgan fingerprint density at radius 1 is 0.918 bits per heavy atom. The number of allylic oxidation sites excluding steroid dienone is 2. The molecule has 1 saturated heterocycles. The van der Waals surface area contributed by atoms with E-state index in [1.54, 1.807) is 12.1 Å². The summed E-state index contributed by atoms with van der Waals surface area (Å²) in [6.07, 6.45) is 7.68. The number of phenols is 1. The third kappa shape index (κ3) is 8.24. The van der Waals surface area contributed by atoms with Crippen molar-refractivity contribution in [2.75, 3.05) is 33.3 Å². The number of aryl methyl sites for hydroxylation is 1. The van der Waals surface area contributed by atoms with E-state index >= 15 is 4.79 Å². The second-order valence-electron chi connectivity index (χ2n) is 23.2. The van der Waals surface area contributed by atoms with Gasteiger partial charge in [0.25, 0.3) is 0 Å². The van der Waals surface area contributed by atoms with Crippen LogP contribution in [0.4, 0.5) is 0 Å². The fourth-order valence-corrected chi connectivity index (χ4v) is 16.9. The fraction of sp³-hybridized carbons (Fsp3) is 0.541. The van der Waals surface area contributed by atoms with E-state index in [-0.39, 0.29) is 66.3 Å². The van der Waals surface area contributed by atoms with E-state index in [0.29, 0.717) is 90.8 Å². The first-order valence-corrected chi connectivity index (χ1v) is 27.5. The van der Waals surface area contributed by atoms with Crippen molar-refractivity contribution in [3.63, 3.8) is 0 Å². The van der Waals surface area contributed by atoms with Gasteiger partial charge in [-0.25, -0.2) is 0 Å². The van der Waals surface area contributed by atoms with Crippen LogP contribution < -0.4 is 26.4 Å². The molecule has 17 atom stereocenters. The van der Waals surface area contributed by atoms with Crippen molar-refractivity contribution in [2.45, 2.75) is 119 Å². The average Bonchev–Trinajstić information content (AvgIpc) is 3.92. The first-order valence-electron chi connectivity index (χ1n) is 27.5. The van der Waals surface area contributed by atoms with Crippen LogP contribution in [0, 0.1) is 64.6 Å². The van der Waals surface area contributed by atoms with Crippen molar-refractivity contribution in [3.8, 4) is 23.3 Å². The van der Waals surface area contributed by atoms with E-state index in [1.807, 2.05) is 18.2 Å². The van der Waals surface area contributed by atoms with Crippen LogP contribution >= 0.6 is 0 Å². The molecule has 3 heterocycles. The van der Waals surface area contributed by atoms with Crippen molar-refractivity contribution in [2.24, 2.45) is 58.5 Å². The molecule has 8 aliphatic rings. The lowest BCUT2D eigenvalue weighted by Gasteiger charge is -2.66. The van der Waals surface area contributed by atoms with Gasteiger partial charge in [0.15, 0.2) is 17.3 Å². The molecule has 73 heavy (non-hydrogen) atoms. The lowest BCUT2D eigenvalue weighted by molar-refractivity contribution is -0.165. The van der Waals surface area contributed by atoms with E-state index in [0.717, 1.165) is 66.4 Å².